The maximum Gasteiger partial charge on any atom is 0.262 e. The molecule has 0 N–H and O–H groups in total. The first-order chi connectivity index (χ1) is 17.0. The van der Waals surface area contributed by atoms with Gasteiger partial charge in [0.25, 0.3) is 11.5 Å². The largest absolute Gasteiger partial charge is 0.467 e. The summed E-state index contributed by atoms with van der Waals surface area (Å²) in [6.07, 6.45) is 3.81. The van der Waals surface area contributed by atoms with Crippen molar-refractivity contribution in [3.63, 3.8) is 0 Å². The number of hydrogen-bond acceptors (Lipinski definition) is 6. The van der Waals surface area contributed by atoms with E-state index in [9.17, 15) is 9.59 Å². The van der Waals surface area contributed by atoms with E-state index in [2.05, 4.69) is 16.7 Å². The molecule has 3 heterocycles. The quantitative estimate of drug-likeness (QED) is 0.211. The van der Waals surface area contributed by atoms with Crippen molar-refractivity contribution < 1.29 is 9.21 Å². The topological polar surface area (TPSA) is 80.7 Å². The number of para-hydroxylation sites is 1. The Hall–Kier alpha value is -3.91. The molecule has 1 aliphatic heterocycles. The van der Waals surface area contributed by atoms with Crippen molar-refractivity contribution in [2.45, 2.75) is 31.1 Å². The van der Waals surface area contributed by atoms with Crippen LogP contribution in [0.1, 0.15) is 29.3 Å². The number of thioether (sulfide) groups is 1. The molecule has 176 valence electrons. The minimum atomic E-state index is -0.325. The molecule has 35 heavy (non-hydrogen) atoms. The van der Waals surface area contributed by atoms with Crippen LogP contribution in [0.4, 0.5) is 0 Å². The van der Waals surface area contributed by atoms with Crippen LogP contribution in [0.15, 0.2) is 99.1 Å². The lowest BCUT2D eigenvalue weighted by atomic mass is 10.0. The number of aryl methyl sites for hydroxylation is 1. The van der Waals surface area contributed by atoms with Crippen LogP contribution in [-0.2, 0) is 11.3 Å². The van der Waals surface area contributed by atoms with Gasteiger partial charge in [-0.25, -0.2) is 9.99 Å². The molecule has 5 rings (SSSR count). The molecule has 8 heteroatoms. The molecule has 1 amide bonds. The molecular weight excluding hydrogens is 460 g/mol. The Labute approximate surface area is 206 Å². The summed E-state index contributed by atoms with van der Waals surface area (Å²) in [5.74, 6) is 0.566. The van der Waals surface area contributed by atoms with Gasteiger partial charge in [0.2, 0.25) is 0 Å². The van der Waals surface area contributed by atoms with Crippen LogP contribution in [0.25, 0.3) is 10.9 Å². The van der Waals surface area contributed by atoms with Crippen molar-refractivity contribution in [2.75, 3.05) is 5.75 Å². The third kappa shape index (κ3) is 4.57. The van der Waals surface area contributed by atoms with Gasteiger partial charge < -0.3 is 4.42 Å². The van der Waals surface area contributed by atoms with Crippen molar-refractivity contribution >= 4 is 34.3 Å². The van der Waals surface area contributed by atoms with Gasteiger partial charge in [-0.05, 0) is 36.8 Å². The van der Waals surface area contributed by atoms with Crippen molar-refractivity contribution in [3.05, 3.63) is 107 Å². The fourth-order valence-corrected chi connectivity index (χ4v) is 4.96. The first-order valence-corrected chi connectivity index (χ1v) is 12.3. The van der Waals surface area contributed by atoms with E-state index in [0.29, 0.717) is 34.8 Å². The first kappa shape index (κ1) is 22.9. The zero-order valence-corrected chi connectivity index (χ0v) is 20.1. The molecule has 0 fully saturated rings. The number of furan rings is 1. The average Bonchev–Trinajstić information content (AvgIpc) is 3.55. The van der Waals surface area contributed by atoms with Crippen LogP contribution < -0.4 is 5.56 Å². The van der Waals surface area contributed by atoms with Crippen LogP contribution in [0, 0.1) is 6.92 Å². The Morgan fingerprint density at radius 1 is 1.17 bits per heavy atom. The maximum absolute atomic E-state index is 13.4. The highest BCUT2D eigenvalue weighted by Crippen LogP contribution is 2.34. The molecule has 2 aromatic heterocycles. The molecule has 0 radical (unpaired) electrons. The van der Waals surface area contributed by atoms with E-state index in [1.807, 2.05) is 55.5 Å². The smallest absolute Gasteiger partial charge is 0.262 e. The second kappa shape index (κ2) is 9.76. The highest BCUT2D eigenvalue weighted by molar-refractivity contribution is 7.99. The van der Waals surface area contributed by atoms with Crippen LogP contribution in [0.3, 0.4) is 0 Å². The van der Waals surface area contributed by atoms with E-state index in [4.69, 9.17) is 4.42 Å². The molecular formula is C27H24N4O3S. The third-order valence-electron chi connectivity index (χ3n) is 5.89. The summed E-state index contributed by atoms with van der Waals surface area (Å²) in [5, 5.41) is 7.19. The number of benzene rings is 2. The Kier molecular flexibility index (Phi) is 6.37. The van der Waals surface area contributed by atoms with Gasteiger partial charge in [-0.15, -0.1) is 6.58 Å². The summed E-state index contributed by atoms with van der Waals surface area (Å²) in [6, 6.07) is 18.6. The minimum absolute atomic E-state index is 0.0732. The molecule has 1 atom stereocenters. The molecule has 1 unspecified atom stereocenters. The Morgan fingerprint density at radius 3 is 2.71 bits per heavy atom. The predicted molar refractivity (Wildman–Crippen MR) is 138 cm³/mol. The van der Waals surface area contributed by atoms with Crippen molar-refractivity contribution in [2.24, 2.45) is 5.10 Å². The van der Waals surface area contributed by atoms with Crippen molar-refractivity contribution in [3.8, 4) is 0 Å². The van der Waals surface area contributed by atoms with Gasteiger partial charge in [0, 0.05) is 13.0 Å². The van der Waals surface area contributed by atoms with Gasteiger partial charge in [0.1, 0.15) is 11.8 Å². The van der Waals surface area contributed by atoms with Crippen LogP contribution in [0.5, 0.6) is 0 Å². The number of hydrogen-bond donors (Lipinski definition) is 0. The van der Waals surface area contributed by atoms with E-state index >= 15 is 0 Å². The molecule has 2 aromatic carbocycles. The molecule has 7 nitrogen and oxygen atoms in total. The lowest BCUT2D eigenvalue weighted by Crippen LogP contribution is -2.29. The van der Waals surface area contributed by atoms with E-state index in [1.165, 1.54) is 16.8 Å². The number of carbonyl (C=O) groups is 1. The van der Waals surface area contributed by atoms with E-state index < -0.39 is 0 Å². The van der Waals surface area contributed by atoms with Gasteiger partial charge in [-0.3, -0.25) is 14.2 Å². The predicted octanol–water partition coefficient (Wildman–Crippen LogP) is 4.95. The molecule has 0 saturated carbocycles. The number of hydrazone groups is 1. The lowest BCUT2D eigenvalue weighted by Gasteiger charge is -2.20. The average molecular weight is 485 g/mol. The first-order valence-electron chi connectivity index (χ1n) is 11.3. The zero-order chi connectivity index (χ0) is 24.4. The Balaban J connectivity index is 1.43. The van der Waals surface area contributed by atoms with E-state index in [-0.39, 0.29) is 23.3 Å². The number of allylic oxidation sites excluding steroid dienone is 1. The van der Waals surface area contributed by atoms with Crippen LogP contribution in [0.2, 0.25) is 0 Å². The number of nitrogens with zero attached hydrogens (tertiary/aromatic N) is 4. The fourth-order valence-electron chi connectivity index (χ4n) is 4.10. The van der Waals surface area contributed by atoms with E-state index in [0.717, 1.165) is 16.8 Å². The van der Waals surface area contributed by atoms with Crippen LogP contribution >= 0.6 is 11.8 Å². The second-order valence-corrected chi connectivity index (χ2v) is 9.23. The molecule has 0 bridgehead atoms. The van der Waals surface area contributed by atoms with Gasteiger partial charge in [-0.1, -0.05) is 59.8 Å². The normalized spacial score (nSPS) is 15.4. The highest BCUT2D eigenvalue weighted by Gasteiger charge is 2.35. The number of aromatic nitrogens is 2. The standard InChI is InChI=1S/C27H24N4O3S/c1-3-14-30-26(33)20-7-4-5-8-21(20)28-27(30)35-17-25(32)31-23(24-9-6-15-34-24)16-22(29-31)19-12-10-18(2)11-13-19/h3-13,15,23H,1,14,16-17H2,2H3. The molecule has 0 spiro atoms. The summed E-state index contributed by atoms with van der Waals surface area (Å²) in [7, 11) is 0. The van der Waals surface area contributed by atoms with Gasteiger partial charge in [-0.2, -0.15) is 5.10 Å². The fraction of sp³-hybridized carbons (Fsp3) is 0.185. The lowest BCUT2D eigenvalue weighted by molar-refractivity contribution is -0.130. The van der Waals surface area contributed by atoms with Gasteiger partial charge in [0.15, 0.2) is 5.16 Å². The maximum atomic E-state index is 13.4. The van der Waals surface area contributed by atoms with Crippen molar-refractivity contribution in [1.82, 2.24) is 14.6 Å². The third-order valence-corrected chi connectivity index (χ3v) is 6.85. The summed E-state index contributed by atoms with van der Waals surface area (Å²) in [5.41, 5.74) is 3.41. The van der Waals surface area contributed by atoms with Crippen molar-refractivity contribution in [1.29, 1.82) is 0 Å². The minimum Gasteiger partial charge on any atom is -0.467 e. The number of rotatable bonds is 7. The Bertz CT molecular complexity index is 1470. The molecule has 0 saturated heterocycles. The SMILES string of the molecule is C=CCn1c(SCC(=O)N2N=C(c3ccc(C)cc3)CC2c2ccco2)nc2ccccc2c1=O. The monoisotopic (exact) mass is 484 g/mol. The summed E-state index contributed by atoms with van der Waals surface area (Å²) in [6.45, 7) is 6.10. The molecule has 1 aliphatic rings. The van der Waals surface area contributed by atoms with Gasteiger partial charge in [0.05, 0.1) is 28.6 Å². The Morgan fingerprint density at radius 2 is 1.97 bits per heavy atom. The van der Waals surface area contributed by atoms with Crippen LogP contribution in [-0.4, -0.2) is 31.9 Å². The molecule has 4 aromatic rings. The summed E-state index contributed by atoms with van der Waals surface area (Å²) >= 11 is 1.22. The number of carbonyl (C=O) groups excluding carboxylic acids is 1. The molecule has 0 aliphatic carbocycles. The summed E-state index contributed by atoms with van der Waals surface area (Å²) in [4.78, 5) is 31.0. The number of amides is 1. The highest BCUT2D eigenvalue weighted by atomic mass is 32.2. The van der Waals surface area contributed by atoms with E-state index in [1.54, 1.807) is 29.0 Å². The number of fused-ring (bicyclic) bond motifs is 1. The summed E-state index contributed by atoms with van der Waals surface area (Å²) < 4.78 is 7.18. The second-order valence-electron chi connectivity index (χ2n) is 8.29. The zero-order valence-electron chi connectivity index (χ0n) is 19.3. The van der Waals surface area contributed by atoms with Gasteiger partial charge >= 0.3 is 0 Å².